The maximum absolute atomic E-state index is 12.7. The molecule has 220 valence electrons. The summed E-state index contributed by atoms with van der Waals surface area (Å²) in [4.78, 5) is 42.7. The first-order chi connectivity index (χ1) is 20.4. The van der Waals surface area contributed by atoms with Gasteiger partial charge in [-0.05, 0) is 24.1 Å². The number of allylic oxidation sites excluding steroid dienone is 2. The van der Waals surface area contributed by atoms with Gasteiger partial charge in [-0.25, -0.2) is 9.97 Å². The van der Waals surface area contributed by atoms with Crippen molar-refractivity contribution in [1.82, 2.24) is 30.0 Å². The summed E-state index contributed by atoms with van der Waals surface area (Å²) in [7, 11) is 0. The molecule has 0 atom stereocenters. The van der Waals surface area contributed by atoms with Crippen molar-refractivity contribution in [2.45, 2.75) is 33.2 Å². The number of morpholine rings is 1. The van der Waals surface area contributed by atoms with Crippen LogP contribution in [0.2, 0.25) is 0 Å². The van der Waals surface area contributed by atoms with E-state index in [4.69, 9.17) is 14.7 Å². The van der Waals surface area contributed by atoms with Gasteiger partial charge in [0, 0.05) is 74.5 Å². The molecule has 0 aliphatic carbocycles. The number of thiophene rings is 1. The van der Waals surface area contributed by atoms with Crippen molar-refractivity contribution in [3.05, 3.63) is 47.5 Å². The quantitative estimate of drug-likeness (QED) is 0.289. The zero-order chi connectivity index (χ0) is 29.1. The molecule has 6 rings (SSSR count). The highest BCUT2D eigenvalue weighted by Gasteiger charge is 2.24. The molecule has 0 spiro atoms. The first-order valence-electron chi connectivity index (χ1n) is 14.7. The Morgan fingerprint density at radius 2 is 1.88 bits per heavy atom. The van der Waals surface area contributed by atoms with Crippen molar-refractivity contribution in [3.8, 4) is 11.4 Å². The van der Waals surface area contributed by atoms with E-state index in [9.17, 15) is 9.59 Å². The monoisotopic (exact) mass is 587 g/mol. The minimum atomic E-state index is 0.0181. The first-order valence-corrected chi connectivity index (χ1v) is 15.5. The third-order valence-corrected chi connectivity index (χ3v) is 8.90. The number of nitrogens with one attached hydrogen (secondary N) is 1. The summed E-state index contributed by atoms with van der Waals surface area (Å²) in [6.45, 7) is 10.8. The number of benzene rings is 1. The van der Waals surface area contributed by atoms with Crippen molar-refractivity contribution in [3.63, 3.8) is 0 Å². The summed E-state index contributed by atoms with van der Waals surface area (Å²) in [5.41, 5.74) is 2.87. The second-order valence-electron chi connectivity index (χ2n) is 11.3. The number of ketones is 1. The van der Waals surface area contributed by atoms with E-state index < -0.39 is 0 Å². The lowest BCUT2D eigenvalue weighted by molar-refractivity contribution is -0.134. The summed E-state index contributed by atoms with van der Waals surface area (Å²) in [6, 6.07) is 8.25. The van der Waals surface area contributed by atoms with Gasteiger partial charge in [0.2, 0.25) is 5.91 Å². The third kappa shape index (κ3) is 6.38. The van der Waals surface area contributed by atoms with Crippen molar-refractivity contribution < 1.29 is 14.3 Å². The molecule has 0 unspecified atom stereocenters. The minimum absolute atomic E-state index is 0.0181. The van der Waals surface area contributed by atoms with Gasteiger partial charge in [0.15, 0.2) is 17.4 Å². The number of carbonyl (C=O) groups excluding carboxylic acids is 2. The Bertz CT molecular complexity index is 1600. The highest BCUT2D eigenvalue weighted by atomic mass is 32.1. The summed E-state index contributed by atoms with van der Waals surface area (Å²) in [5.74, 6) is 2.07. The van der Waals surface area contributed by atoms with E-state index in [2.05, 4.69) is 32.1 Å². The fraction of sp³-hybridized carbons (Fsp3) is 0.452. The predicted molar refractivity (Wildman–Crippen MR) is 166 cm³/mol. The van der Waals surface area contributed by atoms with E-state index in [1.165, 1.54) is 4.88 Å². The van der Waals surface area contributed by atoms with Crippen LogP contribution in [-0.2, 0) is 20.9 Å². The molecule has 2 saturated heterocycles. The van der Waals surface area contributed by atoms with Crippen LogP contribution in [0.1, 0.15) is 31.6 Å². The van der Waals surface area contributed by atoms with Crippen molar-refractivity contribution in [2.75, 3.05) is 57.4 Å². The number of aromatic nitrogens is 4. The highest BCUT2D eigenvalue weighted by Crippen LogP contribution is 2.36. The smallest absolute Gasteiger partial charge is 0.223 e. The van der Waals surface area contributed by atoms with Crippen molar-refractivity contribution in [1.29, 1.82) is 0 Å². The lowest BCUT2D eigenvalue weighted by atomic mass is 10.1. The zero-order valence-electron chi connectivity index (χ0n) is 24.2. The van der Waals surface area contributed by atoms with E-state index in [0.717, 1.165) is 65.2 Å². The van der Waals surface area contributed by atoms with Crippen LogP contribution in [-0.4, -0.2) is 94.1 Å². The Kier molecular flexibility index (Phi) is 8.59. The van der Waals surface area contributed by atoms with Crippen LogP contribution < -0.4 is 4.90 Å². The SMILES string of the molecule is CC(C)C=CC(=O)CCC(=O)N1CCN(Cc2cc3nc(-c4cccc5[nH]ncc45)nc(N4CCOCC4)c3s2)CC1. The Hall–Kier alpha value is -3.67. The average molecular weight is 588 g/mol. The number of fused-ring (bicyclic) bond motifs is 2. The third-order valence-electron chi connectivity index (χ3n) is 7.80. The van der Waals surface area contributed by atoms with Crippen LogP contribution in [0.15, 0.2) is 42.6 Å². The molecule has 11 heteroatoms. The minimum Gasteiger partial charge on any atom is -0.378 e. The zero-order valence-corrected chi connectivity index (χ0v) is 25.0. The Morgan fingerprint density at radius 3 is 2.67 bits per heavy atom. The number of anilines is 1. The molecule has 4 aromatic rings. The molecule has 2 aliphatic rings. The number of piperazine rings is 1. The average Bonchev–Trinajstić information content (AvgIpc) is 3.66. The van der Waals surface area contributed by atoms with Gasteiger partial charge in [-0.3, -0.25) is 19.6 Å². The van der Waals surface area contributed by atoms with E-state index in [0.29, 0.717) is 38.0 Å². The van der Waals surface area contributed by atoms with Crippen LogP contribution >= 0.6 is 11.3 Å². The summed E-state index contributed by atoms with van der Waals surface area (Å²) in [5, 5.41) is 8.28. The van der Waals surface area contributed by atoms with Gasteiger partial charge in [0.25, 0.3) is 0 Å². The van der Waals surface area contributed by atoms with Crippen molar-refractivity contribution >= 4 is 50.0 Å². The highest BCUT2D eigenvalue weighted by molar-refractivity contribution is 7.19. The maximum atomic E-state index is 12.7. The first kappa shape index (κ1) is 28.4. The fourth-order valence-corrected chi connectivity index (χ4v) is 6.62. The lowest BCUT2D eigenvalue weighted by Gasteiger charge is -2.34. The van der Waals surface area contributed by atoms with E-state index in [-0.39, 0.29) is 24.5 Å². The summed E-state index contributed by atoms with van der Waals surface area (Å²) in [6.07, 6.45) is 5.87. The standard InChI is InChI=1S/C31H37N7O3S/c1-21(2)6-7-22(39)8-9-28(40)37-12-10-36(11-13-37)20-23-18-27-29(42-23)31(38-14-16-41-17-15-38)34-30(33-27)24-4-3-5-26-25(24)19-32-35-26/h3-7,18-19,21H,8-17,20H2,1-2H3,(H,32,35). The Morgan fingerprint density at radius 1 is 1.07 bits per heavy atom. The second-order valence-corrected chi connectivity index (χ2v) is 12.4. The molecule has 0 bridgehead atoms. The molecule has 5 heterocycles. The predicted octanol–water partition coefficient (Wildman–Crippen LogP) is 4.28. The van der Waals surface area contributed by atoms with Crippen LogP contribution in [0.25, 0.3) is 32.5 Å². The number of hydrogen-bond donors (Lipinski definition) is 1. The molecule has 1 N–H and O–H groups in total. The van der Waals surface area contributed by atoms with E-state index in [1.807, 2.05) is 43.2 Å². The molecule has 3 aromatic heterocycles. The van der Waals surface area contributed by atoms with Crippen LogP contribution in [0.5, 0.6) is 0 Å². The largest absolute Gasteiger partial charge is 0.378 e. The molecule has 2 fully saturated rings. The molecule has 2 aliphatic heterocycles. The number of amides is 1. The second kappa shape index (κ2) is 12.7. The van der Waals surface area contributed by atoms with Gasteiger partial charge in [0.05, 0.1) is 35.1 Å². The summed E-state index contributed by atoms with van der Waals surface area (Å²) < 4.78 is 6.72. The number of rotatable bonds is 9. The molecule has 0 saturated carbocycles. The van der Waals surface area contributed by atoms with Crippen molar-refractivity contribution in [2.24, 2.45) is 5.92 Å². The molecular weight excluding hydrogens is 550 g/mol. The molecular formula is C31H37N7O3S. The van der Waals surface area contributed by atoms with Crippen LogP contribution in [0, 0.1) is 5.92 Å². The molecule has 10 nitrogen and oxygen atoms in total. The van der Waals surface area contributed by atoms with Gasteiger partial charge < -0.3 is 14.5 Å². The fourth-order valence-electron chi connectivity index (χ4n) is 5.46. The van der Waals surface area contributed by atoms with Gasteiger partial charge >= 0.3 is 0 Å². The number of aromatic amines is 1. The number of H-pyrrole nitrogens is 1. The number of nitrogens with zero attached hydrogens (tertiary/aromatic N) is 6. The Labute approximate surface area is 249 Å². The van der Waals surface area contributed by atoms with E-state index in [1.54, 1.807) is 17.4 Å². The maximum Gasteiger partial charge on any atom is 0.223 e. The molecule has 1 aromatic carbocycles. The molecule has 0 radical (unpaired) electrons. The number of ether oxygens (including phenoxy) is 1. The van der Waals surface area contributed by atoms with Gasteiger partial charge in [-0.1, -0.05) is 32.1 Å². The number of carbonyl (C=O) groups is 2. The number of hydrogen-bond acceptors (Lipinski definition) is 9. The van der Waals surface area contributed by atoms with E-state index >= 15 is 0 Å². The summed E-state index contributed by atoms with van der Waals surface area (Å²) >= 11 is 1.75. The van der Waals surface area contributed by atoms with Gasteiger partial charge in [-0.15, -0.1) is 11.3 Å². The van der Waals surface area contributed by atoms with Crippen LogP contribution in [0.4, 0.5) is 5.82 Å². The molecule has 1 amide bonds. The topological polar surface area (TPSA) is 108 Å². The normalized spacial score (nSPS) is 16.8. The van der Waals surface area contributed by atoms with Gasteiger partial charge in [0.1, 0.15) is 0 Å². The van der Waals surface area contributed by atoms with Gasteiger partial charge in [-0.2, -0.15) is 5.10 Å². The molecule has 42 heavy (non-hydrogen) atoms. The lowest BCUT2D eigenvalue weighted by Crippen LogP contribution is -2.48. The van der Waals surface area contributed by atoms with Crippen LogP contribution in [0.3, 0.4) is 0 Å². The Balaban J connectivity index is 1.16.